The first-order chi connectivity index (χ1) is 16.5. The number of piperidine rings is 1. The Bertz CT molecular complexity index is 1030. The van der Waals surface area contributed by atoms with E-state index in [-0.39, 0.29) is 23.8 Å². The second kappa shape index (κ2) is 11.2. The van der Waals surface area contributed by atoms with Gasteiger partial charge in [0.25, 0.3) is 5.91 Å². The highest BCUT2D eigenvalue weighted by atomic mass is 35.5. The number of piperazine rings is 1. The largest absolute Gasteiger partial charge is 0.450 e. The lowest BCUT2D eigenvalue weighted by atomic mass is 9.97. The Morgan fingerprint density at radius 3 is 2.38 bits per heavy atom. The summed E-state index contributed by atoms with van der Waals surface area (Å²) in [5.41, 5.74) is 1.31. The number of aromatic nitrogens is 1. The summed E-state index contributed by atoms with van der Waals surface area (Å²) in [7, 11) is 0. The molecule has 0 saturated carbocycles. The maximum atomic E-state index is 12.9. The molecule has 182 valence electrons. The van der Waals surface area contributed by atoms with Gasteiger partial charge in [-0.3, -0.25) is 9.59 Å². The minimum absolute atomic E-state index is 0.0866. The third kappa shape index (κ3) is 5.70. The van der Waals surface area contributed by atoms with E-state index in [1.807, 2.05) is 28.5 Å². The number of nitrogens with zero attached hydrogens (tertiary/aromatic N) is 4. The van der Waals surface area contributed by atoms with Crippen LogP contribution in [0.1, 0.15) is 46.7 Å². The summed E-state index contributed by atoms with van der Waals surface area (Å²) in [5, 5.41) is 3.39. The summed E-state index contributed by atoms with van der Waals surface area (Å²) < 4.78 is 5.03. The first-order valence-electron chi connectivity index (χ1n) is 11.6. The van der Waals surface area contributed by atoms with E-state index in [9.17, 15) is 14.4 Å². The van der Waals surface area contributed by atoms with E-state index in [2.05, 4.69) is 4.98 Å². The number of benzene rings is 1. The van der Waals surface area contributed by atoms with E-state index in [1.54, 1.807) is 22.8 Å². The fourth-order valence-electron chi connectivity index (χ4n) is 4.33. The van der Waals surface area contributed by atoms with Crippen LogP contribution in [0, 0.1) is 0 Å². The number of carbonyl (C=O) groups excluding carboxylic acids is 3. The van der Waals surface area contributed by atoms with Gasteiger partial charge in [-0.15, -0.1) is 11.3 Å². The minimum Gasteiger partial charge on any atom is -0.450 e. The Balaban J connectivity index is 1.27. The van der Waals surface area contributed by atoms with Crippen LogP contribution in [0.5, 0.6) is 0 Å². The van der Waals surface area contributed by atoms with Crippen LogP contribution in [0.15, 0.2) is 29.6 Å². The van der Waals surface area contributed by atoms with Crippen molar-refractivity contribution in [2.24, 2.45) is 0 Å². The number of rotatable bonds is 5. The molecular formula is C24H29ClN4O4S. The van der Waals surface area contributed by atoms with Crippen molar-refractivity contribution in [2.75, 3.05) is 45.9 Å². The summed E-state index contributed by atoms with van der Waals surface area (Å²) in [6, 6.07) is 7.44. The van der Waals surface area contributed by atoms with Gasteiger partial charge in [-0.05, 0) is 31.4 Å². The molecule has 3 heterocycles. The molecule has 2 aromatic rings. The summed E-state index contributed by atoms with van der Waals surface area (Å²) in [4.78, 5) is 47.4. The minimum atomic E-state index is -0.331. The molecule has 10 heteroatoms. The quantitative estimate of drug-likeness (QED) is 0.620. The molecule has 34 heavy (non-hydrogen) atoms. The molecule has 0 atom stereocenters. The summed E-state index contributed by atoms with van der Waals surface area (Å²) in [6.45, 7) is 5.32. The van der Waals surface area contributed by atoms with Crippen molar-refractivity contribution in [1.82, 2.24) is 19.7 Å². The van der Waals surface area contributed by atoms with E-state index in [1.165, 1.54) is 11.3 Å². The zero-order chi connectivity index (χ0) is 24.1. The van der Waals surface area contributed by atoms with E-state index < -0.39 is 0 Å². The summed E-state index contributed by atoms with van der Waals surface area (Å²) >= 11 is 7.71. The molecule has 0 radical (unpaired) electrons. The molecule has 2 aliphatic rings. The van der Waals surface area contributed by atoms with Gasteiger partial charge in [-0.1, -0.05) is 29.8 Å². The molecule has 2 aliphatic heterocycles. The van der Waals surface area contributed by atoms with Gasteiger partial charge in [-0.2, -0.15) is 0 Å². The van der Waals surface area contributed by atoms with Crippen molar-refractivity contribution in [2.45, 2.75) is 32.1 Å². The van der Waals surface area contributed by atoms with Gasteiger partial charge in [0.2, 0.25) is 5.91 Å². The Kier molecular flexibility index (Phi) is 8.05. The zero-order valence-electron chi connectivity index (χ0n) is 19.2. The fourth-order valence-corrected chi connectivity index (χ4v) is 5.50. The lowest BCUT2D eigenvalue weighted by molar-refractivity contribution is -0.131. The zero-order valence-corrected chi connectivity index (χ0v) is 20.8. The normalized spacial score (nSPS) is 17.1. The predicted molar refractivity (Wildman–Crippen MR) is 130 cm³/mol. The monoisotopic (exact) mass is 504 g/mol. The SMILES string of the molecule is CCOC(=O)N1CCN(C(=O)c2csc(C3CCN(C(=O)Cc4ccccc4Cl)CC3)n2)CC1. The molecule has 0 bridgehead atoms. The molecular weight excluding hydrogens is 476 g/mol. The van der Waals surface area contributed by atoms with Gasteiger partial charge in [0, 0.05) is 55.6 Å². The number of carbonyl (C=O) groups is 3. The molecule has 0 N–H and O–H groups in total. The number of hydrogen-bond donors (Lipinski definition) is 0. The number of thiazole rings is 1. The number of ether oxygens (including phenoxy) is 1. The second-order valence-electron chi connectivity index (χ2n) is 8.47. The first kappa shape index (κ1) is 24.5. The van der Waals surface area contributed by atoms with Gasteiger partial charge >= 0.3 is 6.09 Å². The third-order valence-corrected chi connectivity index (χ3v) is 7.71. The van der Waals surface area contributed by atoms with Gasteiger partial charge in [0.1, 0.15) is 5.69 Å². The number of hydrogen-bond acceptors (Lipinski definition) is 6. The van der Waals surface area contributed by atoms with E-state index in [4.69, 9.17) is 16.3 Å². The topological polar surface area (TPSA) is 83.0 Å². The number of likely N-dealkylation sites (tertiary alicyclic amines) is 1. The average molecular weight is 505 g/mol. The molecule has 1 aromatic carbocycles. The molecule has 2 fully saturated rings. The second-order valence-corrected chi connectivity index (χ2v) is 9.77. The molecule has 0 spiro atoms. The Morgan fingerprint density at radius 1 is 1.03 bits per heavy atom. The molecule has 4 rings (SSSR count). The maximum absolute atomic E-state index is 12.9. The average Bonchev–Trinajstić information content (AvgIpc) is 3.36. The van der Waals surface area contributed by atoms with Gasteiger partial charge < -0.3 is 19.4 Å². The lowest BCUT2D eigenvalue weighted by Gasteiger charge is -2.33. The number of halogens is 1. The van der Waals surface area contributed by atoms with Crippen LogP contribution in [-0.2, 0) is 16.0 Å². The van der Waals surface area contributed by atoms with Crippen molar-refractivity contribution in [3.63, 3.8) is 0 Å². The van der Waals surface area contributed by atoms with Crippen LogP contribution in [0.25, 0.3) is 0 Å². The molecule has 0 unspecified atom stereocenters. The van der Waals surface area contributed by atoms with Crippen molar-refractivity contribution >= 4 is 40.8 Å². The van der Waals surface area contributed by atoms with Gasteiger partial charge in [0.15, 0.2) is 0 Å². The predicted octanol–water partition coefficient (Wildman–Crippen LogP) is 3.66. The van der Waals surface area contributed by atoms with Gasteiger partial charge in [0.05, 0.1) is 18.0 Å². The maximum Gasteiger partial charge on any atom is 0.409 e. The highest BCUT2D eigenvalue weighted by molar-refractivity contribution is 7.09. The first-order valence-corrected chi connectivity index (χ1v) is 12.9. The summed E-state index contributed by atoms with van der Waals surface area (Å²) in [6.07, 6.45) is 1.63. The van der Waals surface area contributed by atoms with Crippen molar-refractivity contribution in [3.8, 4) is 0 Å². The fraction of sp³-hybridized carbons (Fsp3) is 0.500. The number of amides is 3. The highest BCUT2D eigenvalue weighted by Gasteiger charge is 2.29. The van der Waals surface area contributed by atoms with E-state index >= 15 is 0 Å². The van der Waals surface area contributed by atoms with Crippen LogP contribution >= 0.6 is 22.9 Å². The Labute approximate surface area is 208 Å². The Morgan fingerprint density at radius 2 is 1.71 bits per heavy atom. The highest BCUT2D eigenvalue weighted by Crippen LogP contribution is 2.31. The van der Waals surface area contributed by atoms with Crippen molar-refractivity contribution in [3.05, 3.63) is 50.9 Å². The lowest BCUT2D eigenvalue weighted by Crippen LogP contribution is -2.50. The Hall–Kier alpha value is -2.65. The van der Waals surface area contributed by atoms with E-state index in [0.29, 0.717) is 63.0 Å². The standard InChI is InChI=1S/C24H29ClN4O4S/c1-2-33-24(32)29-13-11-28(12-14-29)23(31)20-16-34-22(26-20)17-7-9-27(10-8-17)21(30)15-18-5-3-4-6-19(18)25/h3-6,16-17H,2,7-15H2,1H3. The summed E-state index contributed by atoms with van der Waals surface area (Å²) in [5.74, 6) is 0.235. The van der Waals surface area contributed by atoms with Crippen molar-refractivity contribution in [1.29, 1.82) is 0 Å². The van der Waals surface area contributed by atoms with Crippen molar-refractivity contribution < 1.29 is 19.1 Å². The molecule has 3 amide bonds. The third-order valence-electron chi connectivity index (χ3n) is 6.33. The van der Waals surface area contributed by atoms with Crippen LogP contribution in [0.2, 0.25) is 5.02 Å². The molecule has 1 aromatic heterocycles. The van der Waals surface area contributed by atoms with Crippen LogP contribution in [0.4, 0.5) is 4.79 Å². The smallest absolute Gasteiger partial charge is 0.409 e. The van der Waals surface area contributed by atoms with Crippen LogP contribution in [-0.4, -0.2) is 83.5 Å². The van der Waals surface area contributed by atoms with Crippen LogP contribution < -0.4 is 0 Å². The molecule has 0 aliphatic carbocycles. The van der Waals surface area contributed by atoms with E-state index in [0.717, 1.165) is 23.4 Å². The molecule has 2 saturated heterocycles. The van der Waals surface area contributed by atoms with Gasteiger partial charge in [-0.25, -0.2) is 9.78 Å². The molecule has 8 nitrogen and oxygen atoms in total. The van der Waals surface area contributed by atoms with Crippen LogP contribution in [0.3, 0.4) is 0 Å².